The number of aromatic amines is 1. The van der Waals surface area contributed by atoms with E-state index in [0.717, 1.165) is 31.2 Å². The van der Waals surface area contributed by atoms with Crippen molar-refractivity contribution in [2.45, 2.75) is 25.7 Å². The van der Waals surface area contributed by atoms with Crippen LogP contribution in [0.4, 0.5) is 5.69 Å². The molecule has 142 valence electrons. The number of carbonyl (C=O) groups excluding carboxylic acids is 1. The van der Waals surface area contributed by atoms with Gasteiger partial charge in [-0.05, 0) is 31.2 Å². The van der Waals surface area contributed by atoms with E-state index in [4.69, 9.17) is 0 Å². The molecule has 10 heteroatoms. The Morgan fingerprint density at radius 1 is 1.36 bits per heavy atom. The van der Waals surface area contributed by atoms with Crippen molar-refractivity contribution in [2.24, 2.45) is 5.10 Å². The van der Waals surface area contributed by atoms with Crippen molar-refractivity contribution in [1.82, 2.24) is 15.4 Å². The van der Waals surface area contributed by atoms with E-state index in [-0.39, 0.29) is 17.1 Å². The summed E-state index contributed by atoms with van der Waals surface area (Å²) in [6.45, 7) is 0. The summed E-state index contributed by atoms with van der Waals surface area (Å²) in [6.07, 6.45) is 5.22. The van der Waals surface area contributed by atoms with Gasteiger partial charge in [-0.15, -0.1) is 11.3 Å². The van der Waals surface area contributed by atoms with Crippen LogP contribution in [0.15, 0.2) is 34.2 Å². The van der Waals surface area contributed by atoms with Crippen molar-refractivity contribution in [1.29, 1.82) is 0 Å². The molecule has 2 N–H and O–H groups in total. The van der Waals surface area contributed by atoms with Crippen LogP contribution in [0.2, 0.25) is 0 Å². The van der Waals surface area contributed by atoms with E-state index in [2.05, 4.69) is 20.5 Å². The Morgan fingerprint density at radius 3 is 3.00 bits per heavy atom. The maximum absolute atomic E-state index is 12.5. The molecule has 1 aliphatic carbocycles. The molecule has 0 aliphatic heterocycles. The van der Waals surface area contributed by atoms with Crippen LogP contribution in [0.3, 0.4) is 0 Å². The molecule has 3 aromatic rings. The van der Waals surface area contributed by atoms with E-state index in [0.29, 0.717) is 15.8 Å². The number of non-ortho nitro benzene ring substituents is 1. The number of thiophene rings is 1. The van der Waals surface area contributed by atoms with Crippen LogP contribution < -0.4 is 11.0 Å². The second-order valence-corrected chi connectivity index (χ2v) is 7.44. The van der Waals surface area contributed by atoms with Gasteiger partial charge in [0, 0.05) is 22.6 Å². The number of aryl methyl sites for hydroxylation is 2. The molecule has 0 bridgehead atoms. The second-order valence-electron chi connectivity index (χ2n) is 6.36. The van der Waals surface area contributed by atoms with Gasteiger partial charge in [0.15, 0.2) is 0 Å². The van der Waals surface area contributed by atoms with Crippen molar-refractivity contribution in [2.75, 3.05) is 0 Å². The fourth-order valence-electron chi connectivity index (χ4n) is 3.21. The Balaban J connectivity index is 1.55. The second kappa shape index (κ2) is 7.31. The predicted molar refractivity (Wildman–Crippen MR) is 105 cm³/mol. The zero-order valence-corrected chi connectivity index (χ0v) is 15.4. The van der Waals surface area contributed by atoms with Gasteiger partial charge in [-0.1, -0.05) is 12.1 Å². The Hall–Kier alpha value is -3.40. The summed E-state index contributed by atoms with van der Waals surface area (Å²) in [5.74, 6) is -0.778. The van der Waals surface area contributed by atoms with E-state index in [1.54, 1.807) is 6.07 Å². The lowest BCUT2D eigenvalue weighted by Gasteiger charge is -2.09. The van der Waals surface area contributed by atoms with E-state index in [1.165, 1.54) is 40.6 Å². The number of nitrogens with zero attached hydrogens (tertiary/aromatic N) is 3. The molecule has 0 fully saturated rings. The summed E-state index contributed by atoms with van der Waals surface area (Å²) >= 11 is 1.46. The van der Waals surface area contributed by atoms with Crippen molar-refractivity contribution in [3.05, 3.63) is 66.6 Å². The van der Waals surface area contributed by atoms with Gasteiger partial charge in [0.25, 0.3) is 11.2 Å². The van der Waals surface area contributed by atoms with Crippen molar-refractivity contribution in [3.8, 4) is 0 Å². The molecule has 4 rings (SSSR count). The first-order chi connectivity index (χ1) is 13.5. The predicted octanol–water partition coefficient (Wildman–Crippen LogP) is 2.54. The van der Waals surface area contributed by atoms with Crippen LogP contribution in [0.5, 0.6) is 0 Å². The Bertz CT molecular complexity index is 1180. The number of hydrogen-bond donors (Lipinski definition) is 2. The Labute approximate surface area is 162 Å². The summed E-state index contributed by atoms with van der Waals surface area (Å²) in [5, 5.41) is 15.1. The normalized spacial score (nSPS) is 13.6. The van der Waals surface area contributed by atoms with Crippen LogP contribution >= 0.6 is 11.3 Å². The molecule has 0 saturated carbocycles. The third-order valence-corrected chi connectivity index (χ3v) is 5.69. The maximum Gasteiger partial charge on any atom is 0.307 e. The molecule has 0 radical (unpaired) electrons. The highest BCUT2D eigenvalue weighted by Crippen LogP contribution is 2.33. The number of benzene rings is 1. The first-order valence-corrected chi connectivity index (χ1v) is 9.47. The smallest absolute Gasteiger partial charge is 0.302 e. The standard InChI is InChI=1S/C18H15N5O4S/c24-16-14-12-6-1-2-7-13(12)28-18(14)21-15(20-16)17(25)22-19-9-10-4-3-5-11(8-10)23(26)27/h3-5,8-9H,1-2,6-7H2,(H,22,25)(H,20,21,24)/b19-9-. The maximum atomic E-state index is 12.5. The van der Waals surface area contributed by atoms with Gasteiger partial charge in [0.1, 0.15) is 4.83 Å². The van der Waals surface area contributed by atoms with Crippen molar-refractivity contribution >= 4 is 39.4 Å². The number of aromatic nitrogens is 2. The van der Waals surface area contributed by atoms with Crippen LogP contribution in [0.25, 0.3) is 10.2 Å². The number of amides is 1. The van der Waals surface area contributed by atoms with Gasteiger partial charge < -0.3 is 4.98 Å². The SMILES string of the molecule is O=C(N/N=C\c1cccc([N+](=O)[O-])c1)c1nc2sc3c(c2c(=O)[nH]1)CCCC3. The summed E-state index contributed by atoms with van der Waals surface area (Å²) in [7, 11) is 0. The third-order valence-electron chi connectivity index (χ3n) is 4.50. The van der Waals surface area contributed by atoms with Crippen LogP contribution in [0, 0.1) is 10.1 Å². The lowest BCUT2D eigenvalue weighted by molar-refractivity contribution is -0.384. The molecular formula is C18H15N5O4S. The molecule has 1 amide bonds. The molecule has 1 aliphatic rings. The summed E-state index contributed by atoms with van der Waals surface area (Å²) < 4.78 is 0. The number of nitrogens with one attached hydrogen (secondary N) is 2. The molecule has 0 unspecified atom stereocenters. The zero-order chi connectivity index (χ0) is 19.7. The van der Waals surface area contributed by atoms with E-state index in [1.807, 2.05) is 0 Å². The highest BCUT2D eigenvalue weighted by molar-refractivity contribution is 7.18. The minimum absolute atomic E-state index is 0.0756. The Morgan fingerprint density at radius 2 is 2.18 bits per heavy atom. The van der Waals surface area contributed by atoms with Gasteiger partial charge in [0.05, 0.1) is 16.5 Å². The van der Waals surface area contributed by atoms with Gasteiger partial charge in [-0.25, -0.2) is 10.4 Å². The molecule has 0 saturated heterocycles. The molecule has 28 heavy (non-hydrogen) atoms. The van der Waals surface area contributed by atoms with Crippen molar-refractivity contribution < 1.29 is 9.72 Å². The van der Waals surface area contributed by atoms with E-state index in [9.17, 15) is 19.7 Å². The van der Waals surface area contributed by atoms with Gasteiger partial charge >= 0.3 is 5.91 Å². The lowest BCUT2D eigenvalue weighted by Crippen LogP contribution is -2.24. The zero-order valence-electron chi connectivity index (χ0n) is 14.6. The number of rotatable bonds is 4. The summed E-state index contributed by atoms with van der Waals surface area (Å²) in [6, 6.07) is 5.83. The first kappa shape index (κ1) is 18.0. The van der Waals surface area contributed by atoms with Crippen LogP contribution in [-0.2, 0) is 12.8 Å². The number of carbonyl (C=O) groups is 1. The minimum Gasteiger partial charge on any atom is -0.302 e. The number of fused-ring (bicyclic) bond motifs is 3. The third kappa shape index (κ3) is 3.41. The average Bonchev–Trinajstić information content (AvgIpc) is 3.07. The van der Waals surface area contributed by atoms with Crippen LogP contribution in [-0.4, -0.2) is 27.0 Å². The monoisotopic (exact) mass is 397 g/mol. The van der Waals surface area contributed by atoms with E-state index >= 15 is 0 Å². The number of H-pyrrole nitrogens is 1. The highest BCUT2D eigenvalue weighted by Gasteiger charge is 2.21. The summed E-state index contributed by atoms with van der Waals surface area (Å²) in [4.78, 5) is 43.6. The molecule has 1 aromatic carbocycles. The quantitative estimate of drug-likeness (QED) is 0.397. The molecule has 0 atom stereocenters. The van der Waals surface area contributed by atoms with Crippen LogP contribution in [0.1, 0.15) is 39.5 Å². The number of nitro groups is 1. The van der Waals surface area contributed by atoms with E-state index < -0.39 is 10.8 Å². The fourth-order valence-corrected chi connectivity index (χ4v) is 4.47. The molecule has 0 spiro atoms. The lowest BCUT2D eigenvalue weighted by atomic mass is 9.97. The molecule has 9 nitrogen and oxygen atoms in total. The highest BCUT2D eigenvalue weighted by atomic mass is 32.1. The first-order valence-electron chi connectivity index (χ1n) is 8.65. The van der Waals surface area contributed by atoms with Crippen molar-refractivity contribution in [3.63, 3.8) is 0 Å². The molecule has 2 aromatic heterocycles. The minimum atomic E-state index is -0.660. The number of hydrogen-bond acceptors (Lipinski definition) is 7. The van der Waals surface area contributed by atoms with Gasteiger partial charge in [-0.2, -0.15) is 5.10 Å². The Kier molecular flexibility index (Phi) is 4.70. The number of hydrazone groups is 1. The summed E-state index contributed by atoms with van der Waals surface area (Å²) in [5.41, 5.74) is 3.39. The fraction of sp³-hybridized carbons (Fsp3) is 0.222. The van der Waals surface area contributed by atoms with Gasteiger partial charge in [0.2, 0.25) is 5.82 Å². The molecule has 2 heterocycles. The topological polar surface area (TPSA) is 130 Å². The molecular weight excluding hydrogens is 382 g/mol. The van der Waals surface area contributed by atoms with Gasteiger partial charge in [-0.3, -0.25) is 19.7 Å². The largest absolute Gasteiger partial charge is 0.307 e. The average molecular weight is 397 g/mol. The number of nitro benzene ring substituents is 1.